The fourth-order valence-electron chi connectivity index (χ4n) is 1.74. The Balaban J connectivity index is 1.69. The van der Waals surface area contributed by atoms with Gasteiger partial charge in [-0.3, -0.25) is 9.48 Å². The summed E-state index contributed by atoms with van der Waals surface area (Å²) in [5, 5.41) is 7.65. The number of aryl methyl sites for hydroxylation is 1. The first-order valence-corrected chi connectivity index (χ1v) is 7.66. The highest BCUT2D eigenvalue weighted by Crippen LogP contribution is 2.66. The number of hydrogen-bond acceptors (Lipinski definition) is 2. The molecule has 1 saturated carbocycles. The molecule has 1 amide bonds. The van der Waals surface area contributed by atoms with Crippen LogP contribution in [0.3, 0.4) is 0 Å². The Morgan fingerprint density at radius 1 is 1.67 bits per heavy atom. The molecular formula is C11H14Br2ClN3O. The van der Waals surface area contributed by atoms with Crippen LogP contribution in [0.1, 0.15) is 19.8 Å². The van der Waals surface area contributed by atoms with Gasteiger partial charge in [0, 0.05) is 19.3 Å². The molecule has 1 aromatic heterocycles. The Morgan fingerprint density at radius 3 is 2.83 bits per heavy atom. The highest BCUT2D eigenvalue weighted by Gasteiger charge is 2.66. The molecule has 1 heterocycles. The molecule has 0 unspecified atom stereocenters. The summed E-state index contributed by atoms with van der Waals surface area (Å²) in [6.45, 7) is 3.33. The lowest BCUT2D eigenvalue weighted by Crippen LogP contribution is -2.34. The average Bonchev–Trinajstić information content (AvgIpc) is 2.63. The van der Waals surface area contributed by atoms with E-state index in [2.05, 4.69) is 42.3 Å². The molecule has 100 valence electrons. The number of carbonyl (C=O) groups is 1. The first-order chi connectivity index (χ1) is 8.35. The van der Waals surface area contributed by atoms with Gasteiger partial charge in [0.15, 0.2) is 0 Å². The molecule has 1 fully saturated rings. The SMILES string of the molecule is C[C@]1(C(=O)NCCCn2cc(Cl)cn2)CC1(Br)Br. The summed E-state index contributed by atoms with van der Waals surface area (Å²) in [5.74, 6) is 0.0785. The highest BCUT2D eigenvalue weighted by atomic mass is 79.9. The van der Waals surface area contributed by atoms with Gasteiger partial charge in [0.25, 0.3) is 0 Å². The quantitative estimate of drug-likeness (QED) is 0.611. The minimum absolute atomic E-state index is 0.0785. The number of carbonyl (C=O) groups excluding carboxylic acids is 1. The first kappa shape index (κ1) is 14.3. The van der Waals surface area contributed by atoms with Crippen molar-refractivity contribution >= 4 is 49.4 Å². The predicted octanol–water partition coefficient (Wildman–Crippen LogP) is 2.94. The summed E-state index contributed by atoms with van der Waals surface area (Å²) < 4.78 is 1.54. The van der Waals surface area contributed by atoms with Gasteiger partial charge < -0.3 is 5.32 Å². The van der Waals surface area contributed by atoms with Crippen molar-refractivity contribution < 1.29 is 4.79 Å². The maximum atomic E-state index is 11.9. The van der Waals surface area contributed by atoms with E-state index in [-0.39, 0.29) is 14.6 Å². The molecule has 0 aromatic carbocycles. The van der Waals surface area contributed by atoms with Crippen molar-refractivity contribution in [3.63, 3.8) is 0 Å². The third kappa shape index (κ3) is 2.91. The van der Waals surface area contributed by atoms with Gasteiger partial charge in [-0.2, -0.15) is 5.10 Å². The van der Waals surface area contributed by atoms with E-state index in [1.165, 1.54) is 0 Å². The van der Waals surface area contributed by atoms with Crippen LogP contribution in [0.5, 0.6) is 0 Å². The molecule has 1 aliphatic carbocycles. The van der Waals surface area contributed by atoms with Crippen molar-refractivity contribution in [2.45, 2.75) is 29.5 Å². The number of hydrogen-bond donors (Lipinski definition) is 1. The fourth-order valence-corrected chi connectivity index (χ4v) is 3.38. The number of halogens is 3. The van der Waals surface area contributed by atoms with E-state index in [0.29, 0.717) is 11.6 Å². The minimum Gasteiger partial charge on any atom is -0.355 e. The van der Waals surface area contributed by atoms with Gasteiger partial charge in [-0.25, -0.2) is 0 Å². The molecule has 4 nitrogen and oxygen atoms in total. The first-order valence-electron chi connectivity index (χ1n) is 5.69. The molecule has 1 N–H and O–H groups in total. The molecule has 2 rings (SSSR count). The molecule has 0 saturated heterocycles. The predicted molar refractivity (Wildman–Crippen MR) is 78.2 cm³/mol. The lowest BCUT2D eigenvalue weighted by atomic mass is 10.1. The summed E-state index contributed by atoms with van der Waals surface area (Å²) in [6, 6.07) is 0. The van der Waals surface area contributed by atoms with Gasteiger partial charge in [-0.15, -0.1) is 0 Å². The van der Waals surface area contributed by atoms with Crippen molar-refractivity contribution in [3.8, 4) is 0 Å². The summed E-state index contributed by atoms with van der Waals surface area (Å²) in [4.78, 5) is 11.9. The van der Waals surface area contributed by atoms with Crippen molar-refractivity contribution in [2.24, 2.45) is 5.41 Å². The van der Waals surface area contributed by atoms with Crippen LogP contribution in [0.25, 0.3) is 0 Å². The van der Waals surface area contributed by atoms with Gasteiger partial charge in [0.2, 0.25) is 5.91 Å². The zero-order valence-electron chi connectivity index (χ0n) is 9.92. The van der Waals surface area contributed by atoms with Crippen LogP contribution in [0.15, 0.2) is 12.4 Å². The maximum Gasteiger partial charge on any atom is 0.228 e. The minimum atomic E-state index is -0.345. The van der Waals surface area contributed by atoms with Gasteiger partial charge in [-0.1, -0.05) is 43.5 Å². The lowest BCUT2D eigenvalue weighted by molar-refractivity contribution is -0.125. The van der Waals surface area contributed by atoms with E-state index in [1.54, 1.807) is 17.1 Å². The van der Waals surface area contributed by atoms with Gasteiger partial charge in [-0.05, 0) is 19.8 Å². The van der Waals surface area contributed by atoms with Crippen LogP contribution in [-0.4, -0.2) is 25.5 Å². The van der Waals surface area contributed by atoms with E-state index in [1.807, 2.05) is 6.92 Å². The van der Waals surface area contributed by atoms with E-state index < -0.39 is 0 Å². The zero-order chi connectivity index (χ0) is 13.4. The number of rotatable bonds is 5. The van der Waals surface area contributed by atoms with Crippen LogP contribution < -0.4 is 5.32 Å². The van der Waals surface area contributed by atoms with E-state index in [9.17, 15) is 4.79 Å². The largest absolute Gasteiger partial charge is 0.355 e. The molecule has 18 heavy (non-hydrogen) atoms. The normalized spacial score (nSPS) is 24.9. The molecule has 0 aliphatic heterocycles. The second-order valence-electron chi connectivity index (χ2n) is 4.74. The van der Waals surface area contributed by atoms with Crippen LogP contribution in [0.4, 0.5) is 0 Å². The second-order valence-corrected chi connectivity index (χ2v) is 8.95. The van der Waals surface area contributed by atoms with Crippen LogP contribution in [0, 0.1) is 5.41 Å². The number of alkyl halides is 2. The Kier molecular flexibility index (Phi) is 4.09. The van der Waals surface area contributed by atoms with Gasteiger partial charge in [0.05, 0.1) is 19.9 Å². The molecular weight excluding hydrogens is 385 g/mol. The van der Waals surface area contributed by atoms with Crippen LogP contribution in [-0.2, 0) is 11.3 Å². The van der Waals surface area contributed by atoms with E-state index in [4.69, 9.17) is 11.6 Å². The molecule has 1 atom stereocenters. The van der Waals surface area contributed by atoms with Crippen molar-refractivity contribution in [1.82, 2.24) is 15.1 Å². The Labute approximate surface area is 128 Å². The van der Waals surface area contributed by atoms with Gasteiger partial charge >= 0.3 is 0 Å². The van der Waals surface area contributed by atoms with Crippen molar-refractivity contribution in [1.29, 1.82) is 0 Å². The monoisotopic (exact) mass is 397 g/mol. The Hall–Kier alpha value is -0.0700. The summed E-state index contributed by atoms with van der Waals surface area (Å²) >= 11 is 12.7. The maximum absolute atomic E-state index is 11.9. The van der Waals surface area contributed by atoms with E-state index in [0.717, 1.165) is 19.4 Å². The van der Waals surface area contributed by atoms with Crippen molar-refractivity contribution in [2.75, 3.05) is 6.54 Å². The fraction of sp³-hybridized carbons (Fsp3) is 0.636. The molecule has 0 spiro atoms. The number of nitrogens with one attached hydrogen (secondary N) is 1. The molecule has 1 aliphatic rings. The molecule has 7 heteroatoms. The van der Waals surface area contributed by atoms with E-state index >= 15 is 0 Å². The lowest BCUT2D eigenvalue weighted by Gasteiger charge is -2.12. The Bertz CT molecular complexity index is 463. The standard InChI is InChI=1S/C11H14Br2ClN3O/c1-10(7-11(10,12)13)9(18)15-3-2-4-17-6-8(14)5-16-17/h5-6H,2-4,7H2,1H3,(H,15,18)/t10-/m1/s1. The highest BCUT2D eigenvalue weighted by molar-refractivity contribution is 9.25. The zero-order valence-corrected chi connectivity index (χ0v) is 13.8. The summed E-state index contributed by atoms with van der Waals surface area (Å²) in [6.07, 6.45) is 5.01. The smallest absolute Gasteiger partial charge is 0.228 e. The third-order valence-electron chi connectivity index (χ3n) is 3.21. The third-order valence-corrected chi connectivity index (χ3v) is 5.72. The molecule has 0 radical (unpaired) electrons. The second kappa shape index (κ2) is 5.13. The van der Waals surface area contributed by atoms with Crippen LogP contribution in [0.2, 0.25) is 5.02 Å². The topological polar surface area (TPSA) is 46.9 Å². The number of aromatic nitrogens is 2. The van der Waals surface area contributed by atoms with Crippen LogP contribution >= 0.6 is 43.5 Å². The molecule has 0 bridgehead atoms. The number of nitrogens with zero attached hydrogens (tertiary/aromatic N) is 2. The van der Waals surface area contributed by atoms with Gasteiger partial charge in [0.1, 0.15) is 0 Å². The van der Waals surface area contributed by atoms with Crippen molar-refractivity contribution in [3.05, 3.63) is 17.4 Å². The number of amides is 1. The summed E-state index contributed by atoms with van der Waals surface area (Å²) in [5.41, 5.74) is -0.345. The summed E-state index contributed by atoms with van der Waals surface area (Å²) in [7, 11) is 0. The molecule has 1 aromatic rings. The average molecular weight is 400 g/mol. The Morgan fingerprint density at radius 2 is 2.33 bits per heavy atom.